The molecule has 0 amide bonds. The predicted molar refractivity (Wildman–Crippen MR) is 39.6 cm³/mol. The van der Waals surface area contributed by atoms with Crippen LogP contribution in [0.15, 0.2) is 0 Å². The van der Waals surface area contributed by atoms with Gasteiger partial charge in [0.15, 0.2) is 0 Å². The van der Waals surface area contributed by atoms with Crippen LogP contribution >= 0.6 is 0 Å². The van der Waals surface area contributed by atoms with Gasteiger partial charge in [0.25, 0.3) is 0 Å². The van der Waals surface area contributed by atoms with Gasteiger partial charge in [-0.1, -0.05) is 13.8 Å². The van der Waals surface area contributed by atoms with Crippen LogP contribution in [-0.4, -0.2) is 26.8 Å². The summed E-state index contributed by atoms with van der Waals surface area (Å²) in [6.07, 6.45) is 0. The zero-order chi connectivity index (χ0) is 7.28. The van der Waals surface area contributed by atoms with E-state index in [1.165, 1.54) is 0 Å². The van der Waals surface area contributed by atoms with Crippen molar-refractivity contribution >= 4 is 0 Å². The van der Waals surface area contributed by atoms with E-state index in [4.69, 9.17) is 4.74 Å². The minimum Gasteiger partial charge on any atom is -0.383 e. The highest BCUT2D eigenvalue weighted by Gasteiger charge is 2.08. The normalized spacial score (nSPS) is 14.3. The highest BCUT2D eigenvalue weighted by Crippen LogP contribution is 1.99. The molecule has 56 valence electrons. The minimum absolute atomic E-state index is 0.495. The van der Waals surface area contributed by atoms with Crippen molar-refractivity contribution in [3.05, 3.63) is 0 Å². The molecule has 0 aromatic rings. The first-order valence-electron chi connectivity index (χ1n) is 3.38. The molecule has 0 bridgehead atoms. The first-order chi connectivity index (χ1) is 4.22. The quantitative estimate of drug-likeness (QED) is 0.611. The van der Waals surface area contributed by atoms with Crippen LogP contribution in [0, 0.1) is 5.92 Å². The number of hydrogen-bond acceptors (Lipinski definition) is 2. The Kier molecular flexibility index (Phi) is 4.72. The number of nitrogens with one attached hydrogen (secondary N) is 1. The zero-order valence-electron chi connectivity index (χ0n) is 6.77. The first kappa shape index (κ1) is 8.92. The number of likely N-dealkylation sites (N-methyl/N-ethyl adjacent to an activating group) is 1. The Morgan fingerprint density at radius 1 is 1.44 bits per heavy atom. The van der Waals surface area contributed by atoms with E-state index in [2.05, 4.69) is 19.2 Å². The standard InChI is InChI=1S/C7H17NO/c1-6(2)7(8-3)5-9-4/h6-8H,5H2,1-4H3/t7-/m0/s1. The summed E-state index contributed by atoms with van der Waals surface area (Å²) in [6, 6.07) is 0.495. The molecule has 1 atom stereocenters. The summed E-state index contributed by atoms with van der Waals surface area (Å²) < 4.78 is 4.99. The van der Waals surface area contributed by atoms with Gasteiger partial charge in [0.1, 0.15) is 0 Å². The van der Waals surface area contributed by atoms with Crippen molar-refractivity contribution in [1.29, 1.82) is 0 Å². The fourth-order valence-electron chi connectivity index (χ4n) is 0.789. The van der Waals surface area contributed by atoms with Crippen molar-refractivity contribution in [2.45, 2.75) is 19.9 Å². The maximum atomic E-state index is 4.99. The molecule has 0 rings (SSSR count). The zero-order valence-corrected chi connectivity index (χ0v) is 6.77. The third kappa shape index (κ3) is 3.49. The lowest BCUT2D eigenvalue weighted by Gasteiger charge is -2.18. The van der Waals surface area contributed by atoms with Crippen LogP contribution in [0.3, 0.4) is 0 Å². The fraction of sp³-hybridized carbons (Fsp3) is 1.00. The maximum absolute atomic E-state index is 4.99. The van der Waals surface area contributed by atoms with E-state index in [0.29, 0.717) is 12.0 Å². The van der Waals surface area contributed by atoms with Crippen LogP contribution in [0.4, 0.5) is 0 Å². The highest BCUT2D eigenvalue weighted by atomic mass is 16.5. The van der Waals surface area contributed by atoms with Crippen LogP contribution in [0.5, 0.6) is 0 Å². The van der Waals surface area contributed by atoms with Gasteiger partial charge < -0.3 is 10.1 Å². The second kappa shape index (κ2) is 4.77. The summed E-state index contributed by atoms with van der Waals surface area (Å²) in [5.41, 5.74) is 0. The first-order valence-corrected chi connectivity index (χ1v) is 3.38. The molecule has 0 heterocycles. The topological polar surface area (TPSA) is 21.3 Å². The van der Waals surface area contributed by atoms with Gasteiger partial charge in [0.05, 0.1) is 6.61 Å². The Bertz CT molecular complexity index is 63.9. The van der Waals surface area contributed by atoms with Crippen molar-refractivity contribution in [3.63, 3.8) is 0 Å². The van der Waals surface area contributed by atoms with Crippen LogP contribution in [-0.2, 0) is 4.74 Å². The third-order valence-corrected chi connectivity index (χ3v) is 1.52. The van der Waals surface area contributed by atoms with E-state index in [0.717, 1.165) is 6.61 Å². The average Bonchev–Trinajstić information content (AvgIpc) is 1.82. The molecule has 0 fully saturated rings. The monoisotopic (exact) mass is 131 g/mol. The summed E-state index contributed by atoms with van der Waals surface area (Å²) in [5, 5.41) is 3.18. The van der Waals surface area contributed by atoms with Gasteiger partial charge in [-0.15, -0.1) is 0 Å². The molecular formula is C7H17NO. The highest BCUT2D eigenvalue weighted by molar-refractivity contribution is 4.66. The second-order valence-corrected chi connectivity index (χ2v) is 2.59. The molecule has 2 heteroatoms. The van der Waals surface area contributed by atoms with E-state index in [9.17, 15) is 0 Å². The number of ether oxygens (including phenoxy) is 1. The van der Waals surface area contributed by atoms with Crippen molar-refractivity contribution < 1.29 is 4.74 Å². The van der Waals surface area contributed by atoms with Gasteiger partial charge in [0, 0.05) is 13.2 Å². The smallest absolute Gasteiger partial charge is 0.0618 e. The van der Waals surface area contributed by atoms with Crippen molar-refractivity contribution in [2.24, 2.45) is 5.92 Å². The molecule has 0 saturated carbocycles. The molecule has 0 spiro atoms. The molecule has 2 nitrogen and oxygen atoms in total. The van der Waals surface area contributed by atoms with Crippen LogP contribution in [0.25, 0.3) is 0 Å². The Morgan fingerprint density at radius 3 is 2.11 bits per heavy atom. The van der Waals surface area contributed by atoms with Crippen molar-refractivity contribution in [3.8, 4) is 0 Å². The summed E-state index contributed by atoms with van der Waals surface area (Å²) in [4.78, 5) is 0. The Balaban J connectivity index is 3.41. The van der Waals surface area contributed by atoms with E-state index in [1.807, 2.05) is 7.05 Å². The summed E-state index contributed by atoms with van der Waals surface area (Å²) in [5.74, 6) is 0.648. The lowest BCUT2D eigenvalue weighted by atomic mass is 10.1. The molecule has 0 aromatic heterocycles. The van der Waals surface area contributed by atoms with Gasteiger partial charge >= 0.3 is 0 Å². The van der Waals surface area contributed by atoms with Gasteiger partial charge in [-0.25, -0.2) is 0 Å². The molecule has 0 aliphatic rings. The summed E-state index contributed by atoms with van der Waals surface area (Å²) >= 11 is 0. The van der Waals surface area contributed by atoms with Crippen molar-refractivity contribution in [1.82, 2.24) is 5.32 Å². The average molecular weight is 131 g/mol. The molecule has 0 unspecified atom stereocenters. The van der Waals surface area contributed by atoms with Gasteiger partial charge in [-0.2, -0.15) is 0 Å². The van der Waals surface area contributed by atoms with Crippen molar-refractivity contribution in [2.75, 3.05) is 20.8 Å². The second-order valence-electron chi connectivity index (χ2n) is 2.59. The van der Waals surface area contributed by atoms with E-state index < -0.39 is 0 Å². The summed E-state index contributed by atoms with van der Waals surface area (Å²) in [7, 11) is 3.69. The number of methoxy groups -OCH3 is 1. The van der Waals surface area contributed by atoms with Crippen LogP contribution in [0.2, 0.25) is 0 Å². The predicted octanol–water partition coefficient (Wildman–Crippen LogP) is 0.877. The molecule has 0 aliphatic carbocycles. The van der Waals surface area contributed by atoms with Crippen LogP contribution < -0.4 is 5.32 Å². The molecule has 1 N–H and O–H groups in total. The number of hydrogen-bond donors (Lipinski definition) is 1. The van der Waals surface area contributed by atoms with Gasteiger partial charge in [-0.3, -0.25) is 0 Å². The van der Waals surface area contributed by atoms with Crippen LogP contribution in [0.1, 0.15) is 13.8 Å². The lowest BCUT2D eigenvalue weighted by Crippen LogP contribution is -2.34. The van der Waals surface area contributed by atoms with E-state index >= 15 is 0 Å². The van der Waals surface area contributed by atoms with E-state index in [1.54, 1.807) is 7.11 Å². The summed E-state index contributed by atoms with van der Waals surface area (Å²) in [6.45, 7) is 5.16. The number of rotatable bonds is 4. The molecule has 9 heavy (non-hydrogen) atoms. The SMILES string of the molecule is CN[C@@H](COC)C(C)C. The third-order valence-electron chi connectivity index (χ3n) is 1.52. The molecule has 0 aliphatic heterocycles. The molecule has 0 saturated heterocycles. The van der Waals surface area contributed by atoms with Gasteiger partial charge in [0.2, 0.25) is 0 Å². The molecule has 0 radical (unpaired) electrons. The Labute approximate surface area is 57.6 Å². The Hall–Kier alpha value is -0.0800. The van der Waals surface area contributed by atoms with Gasteiger partial charge in [-0.05, 0) is 13.0 Å². The molecule has 0 aromatic carbocycles. The minimum atomic E-state index is 0.495. The molecular weight excluding hydrogens is 114 g/mol. The van der Waals surface area contributed by atoms with E-state index in [-0.39, 0.29) is 0 Å². The lowest BCUT2D eigenvalue weighted by molar-refractivity contribution is 0.151. The fourth-order valence-corrected chi connectivity index (χ4v) is 0.789. The largest absolute Gasteiger partial charge is 0.383 e. The Morgan fingerprint density at radius 2 is 2.00 bits per heavy atom. The maximum Gasteiger partial charge on any atom is 0.0618 e.